The lowest BCUT2D eigenvalue weighted by atomic mass is 10.3. The Kier molecular flexibility index (Phi) is 4.03. The number of halogens is 2. The maximum absolute atomic E-state index is 13.4. The highest BCUT2D eigenvalue weighted by Crippen LogP contribution is 2.28. The Morgan fingerprint density at radius 3 is 2.84 bits per heavy atom. The van der Waals surface area contributed by atoms with Crippen molar-refractivity contribution >= 4 is 56.2 Å². The van der Waals surface area contributed by atoms with Gasteiger partial charge in [-0.15, -0.1) is 11.3 Å². The topological polar surface area (TPSA) is 59.8 Å². The van der Waals surface area contributed by atoms with E-state index in [9.17, 15) is 9.18 Å². The van der Waals surface area contributed by atoms with E-state index in [1.54, 1.807) is 28.9 Å². The lowest BCUT2D eigenvalue weighted by Gasteiger charge is -2.04. The van der Waals surface area contributed by atoms with Crippen LogP contribution in [-0.2, 0) is 0 Å². The highest BCUT2D eigenvalue weighted by molar-refractivity contribution is 7.20. The number of thiophene rings is 1. The number of thiazole rings is 1. The fourth-order valence-corrected chi connectivity index (χ4v) is 4.22. The third kappa shape index (κ3) is 3.15. The van der Waals surface area contributed by atoms with Gasteiger partial charge >= 0.3 is 0 Å². The molecule has 0 saturated carbocycles. The zero-order valence-corrected chi connectivity index (χ0v) is 15.2. The van der Waals surface area contributed by atoms with Gasteiger partial charge in [0.05, 0.1) is 25.1 Å². The van der Waals surface area contributed by atoms with Gasteiger partial charge in [0.2, 0.25) is 5.13 Å². The SMILES string of the molecule is Cc1cc(NC(=O)c2ccc(Cl)s2)n(-c2nc3ccc(F)cc3s2)n1. The molecule has 1 amide bonds. The van der Waals surface area contributed by atoms with Crippen molar-refractivity contribution in [2.75, 3.05) is 5.32 Å². The lowest BCUT2D eigenvalue weighted by Crippen LogP contribution is -2.13. The number of carbonyl (C=O) groups excluding carboxylic acids is 1. The molecule has 25 heavy (non-hydrogen) atoms. The molecule has 0 bridgehead atoms. The molecule has 0 saturated heterocycles. The summed E-state index contributed by atoms with van der Waals surface area (Å²) in [4.78, 5) is 17.3. The van der Waals surface area contributed by atoms with Gasteiger partial charge in [-0.3, -0.25) is 4.79 Å². The monoisotopic (exact) mass is 392 g/mol. The molecule has 4 aromatic rings. The van der Waals surface area contributed by atoms with Crippen LogP contribution in [0.1, 0.15) is 15.4 Å². The first-order valence-corrected chi connectivity index (χ1v) is 9.20. The maximum atomic E-state index is 13.4. The number of aromatic nitrogens is 3. The van der Waals surface area contributed by atoms with Crippen LogP contribution < -0.4 is 5.32 Å². The number of rotatable bonds is 3. The maximum Gasteiger partial charge on any atom is 0.266 e. The second kappa shape index (κ2) is 6.21. The molecular formula is C16H10ClFN4OS2. The number of aryl methyl sites for hydroxylation is 1. The molecule has 0 atom stereocenters. The van der Waals surface area contributed by atoms with Gasteiger partial charge in [-0.1, -0.05) is 22.9 Å². The van der Waals surface area contributed by atoms with E-state index in [2.05, 4.69) is 15.4 Å². The Balaban J connectivity index is 1.71. The summed E-state index contributed by atoms with van der Waals surface area (Å²) in [5.41, 5.74) is 1.40. The second-order valence-corrected chi connectivity index (χ2v) is 7.97. The van der Waals surface area contributed by atoms with Crippen LogP contribution in [0.3, 0.4) is 0 Å². The summed E-state index contributed by atoms with van der Waals surface area (Å²) >= 11 is 8.38. The molecular weight excluding hydrogens is 383 g/mol. The van der Waals surface area contributed by atoms with Crippen molar-refractivity contribution in [3.05, 3.63) is 57.1 Å². The molecule has 0 radical (unpaired) electrons. The van der Waals surface area contributed by atoms with Crippen molar-refractivity contribution in [3.8, 4) is 5.13 Å². The number of nitrogens with one attached hydrogen (secondary N) is 1. The standard InChI is InChI=1S/C16H10ClFN4OS2/c1-8-6-14(20-15(23)11-4-5-13(17)24-11)22(21-8)16-19-10-3-2-9(18)7-12(10)25-16/h2-7H,1H3,(H,20,23). The van der Waals surface area contributed by atoms with E-state index in [1.165, 1.54) is 34.8 Å². The zero-order valence-electron chi connectivity index (χ0n) is 12.8. The molecule has 0 fully saturated rings. The molecule has 9 heteroatoms. The van der Waals surface area contributed by atoms with Gasteiger partial charge in [-0.25, -0.2) is 9.37 Å². The Morgan fingerprint density at radius 1 is 1.24 bits per heavy atom. The van der Waals surface area contributed by atoms with Crippen molar-refractivity contribution in [2.45, 2.75) is 6.92 Å². The number of hydrogen-bond acceptors (Lipinski definition) is 5. The Morgan fingerprint density at radius 2 is 2.08 bits per heavy atom. The Hall–Kier alpha value is -2.29. The molecule has 3 heterocycles. The van der Waals surface area contributed by atoms with Crippen LogP contribution in [0.5, 0.6) is 0 Å². The number of anilines is 1. The summed E-state index contributed by atoms with van der Waals surface area (Å²) in [6.45, 7) is 1.82. The molecule has 0 unspecified atom stereocenters. The summed E-state index contributed by atoms with van der Waals surface area (Å²) in [5, 5.41) is 7.75. The molecule has 0 aliphatic rings. The average molecular weight is 393 g/mol. The number of carbonyl (C=O) groups is 1. The van der Waals surface area contributed by atoms with E-state index in [-0.39, 0.29) is 11.7 Å². The van der Waals surface area contributed by atoms with Gasteiger partial charge in [-0.2, -0.15) is 9.78 Å². The van der Waals surface area contributed by atoms with Gasteiger partial charge < -0.3 is 5.32 Å². The van der Waals surface area contributed by atoms with Gasteiger partial charge in [0, 0.05) is 6.07 Å². The fourth-order valence-electron chi connectivity index (χ4n) is 2.33. The van der Waals surface area contributed by atoms with Crippen LogP contribution in [0, 0.1) is 12.7 Å². The Labute approximate surface area is 154 Å². The van der Waals surface area contributed by atoms with Crippen molar-refractivity contribution in [1.29, 1.82) is 0 Å². The third-order valence-electron chi connectivity index (χ3n) is 3.39. The predicted molar refractivity (Wildman–Crippen MR) is 98.7 cm³/mol. The first-order chi connectivity index (χ1) is 12.0. The van der Waals surface area contributed by atoms with Crippen LogP contribution in [0.15, 0.2) is 36.4 Å². The Bertz CT molecular complexity index is 1100. The van der Waals surface area contributed by atoms with E-state index >= 15 is 0 Å². The molecule has 3 aromatic heterocycles. The summed E-state index contributed by atoms with van der Waals surface area (Å²) < 4.78 is 16.2. The molecule has 1 aromatic carbocycles. The molecule has 0 aliphatic carbocycles. The molecule has 126 valence electrons. The van der Waals surface area contributed by atoms with Gasteiger partial charge in [0.1, 0.15) is 11.6 Å². The van der Waals surface area contributed by atoms with Crippen LogP contribution in [-0.4, -0.2) is 20.7 Å². The van der Waals surface area contributed by atoms with Crippen LogP contribution in [0.4, 0.5) is 10.2 Å². The first kappa shape index (κ1) is 16.2. The highest BCUT2D eigenvalue weighted by Gasteiger charge is 2.16. The minimum atomic E-state index is -0.317. The number of benzene rings is 1. The van der Waals surface area contributed by atoms with E-state index in [4.69, 9.17) is 11.6 Å². The predicted octanol–water partition coefficient (Wildman–Crippen LogP) is 4.90. The van der Waals surface area contributed by atoms with Gasteiger partial charge in [0.25, 0.3) is 5.91 Å². The minimum Gasteiger partial charge on any atom is -0.306 e. The van der Waals surface area contributed by atoms with Crippen LogP contribution in [0.25, 0.3) is 15.3 Å². The number of hydrogen-bond donors (Lipinski definition) is 1. The molecule has 0 spiro atoms. The van der Waals surface area contributed by atoms with Crippen molar-refractivity contribution in [2.24, 2.45) is 0 Å². The smallest absolute Gasteiger partial charge is 0.266 e. The number of nitrogens with zero attached hydrogens (tertiary/aromatic N) is 3. The normalized spacial score (nSPS) is 11.2. The lowest BCUT2D eigenvalue weighted by molar-refractivity contribution is 0.103. The second-order valence-electron chi connectivity index (χ2n) is 5.25. The zero-order chi connectivity index (χ0) is 17.6. The molecule has 0 aliphatic heterocycles. The van der Waals surface area contributed by atoms with Crippen molar-refractivity contribution < 1.29 is 9.18 Å². The van der Waals surface area contributed by atoms with E-state index < -0.39 is 0 Å². The van der Waals surface area contributed by atoms with Gasteiger partial charge in [0.15, 0.2) is 0 Å². The van der Waals surface area contributed by atoms with E-state index in [0.29, 0.717) is 30.4 Å². The van der Waals surface area contributed by atoms with Crippen molar-refractivity contribution in [3.63, 3.8) is 0 Å². The van der Waals surface area contributed by atoms with Crippen LogP contribution in [0.2, 0.25) is 4.34 Å². The van der Waals surface area contributed by atoms with Gasteiger partial charge in [-0.05, 0) is 37.3 Å². The van der Waals surface area contributed by atoms with E-state index in [0.717, 1.165) is 5.69 Å². The fraction of sp³-hybridized carbons (Fsp3) is 0.0625. The first-order valence-electron chi connectivity index (χ1n) is 7.19. The summed E-state index contributed by atoms with van der Waals surface area (Å²) in [6.07, 6.45) is 0. The highest BCUT2D eigenvalue weighted by atomic mass is 35.5. The number of amides is 1. The number of fused-ring (bicyclic) bond motifs is 1. The largest absolute Gasteiger partial charge is 0.306 e. The molecule has 1 N–H and O–H groups in total. The quantitative estimate of drug-likeness (QED) is 0.539. The third-order valence-corrected chi connectivity index (χ3v) is 5.61. The van der Waals surface area contributed by atoms with E-state index in [1.807, 2.05) is 6.92 Å². The molecule has 4 rings (SSSR count). The summed E-state index contributed by atoms with van der Waals surface area (Å²) in [6, 6.07) is 9.50. The summed E-state index contributed by atoms with van der Waals surface area (Å²) in [5.74, 6) is -0.0980. The average Bonchev–Trinajstić information content (AvgIpc) is 3.25. The minimum absolute atomic E-state index is 0.273. The molecule has 5 nitrogen and oxygen atoms in total. The van der Waals surface area contributed by atoms with Crippen LogP contribution >= 0.6 is 34.3 Å². The summed E-state index contributed by atoms with van der Waals surface area (Å²) in [7, 11) is 0. The van der Waals surface area contributed by atoms with Crippen molar-refractivity contribution in [1.82, 2.24) is 14.8 Å².